The van der Waals surface area contributed by atoms with Crippen LogP contribution in [-0.4, -0.2) is 19.6 Å². The van der Waals surface area contributed by atoms with Crippen LogP contribution < -0.4 is 9.46 Å². The fraction of sp³-hybridized carbons (Fsp3) is 0.0769. The number of nitrogens with one attached hydrogen (secondary N) is 1. The zero-order chi connectivity index (χ0) is 15.5. The molecule has 2 rings (SSSR count). The molecule has 0 atom stereocenters. The molecule has 0 unspecified atom stereocenters. The number of ether oxygens (including phenoxy) is 1. The lowest BCUT2D eigenvalue weighted by atomic mass is 10.2. The summed E-state index contributed by atoms with van der Waals surface area (Å²) < 4.78 is 30.4. The van der Waals surface area contributed by atoms with Crippen LogP contribution in [0.2, 0.25) is 0 Å². The van der Waals surface area contributed by atoms with Crippen LogP contribution in [0.5, 0.6) is 11.5 Å². The Balaban J connectivity index is 2.49. The molecule has 0 aliphatic carbocycles. The highest BCUT2D eigenvalue weighted by Crippen LogP contribution is 2.37. The summed E-state index contributed by atoms with van der Waals surface area (Å²) in [4.78, 5) is 10.4. The van der Waals surface area contributed by atoms with E-state index in [0.717, 1.165) is 6.26 Å². The molecule has 2 aromatic carbocycles. The molecule has 1 N–H and O–H groups in total. The zero-order valence-corrected chi connectivity index (χ0v) is 11.8. The van der Waals surface area contributed by atoms with Gasteiger partial charge in [-0.25, -0.2) is 8.42 Å². The van der Waals surface area contributed by atoms with Gasteiger partial charge in [0.05, 0.1) is 11.2 Å². The first-order valence-electron chi connectivity index (χ1n) is 5.85. The molecule has 0 amide bonds. The van der Waals surface area contributed by atoms with Crippen LogP contribution in [0.3, 0.4) is 0 Å². The monoisotopic (exact) mass is 308 g/mol. The molecule has 2 aromatic rings. The summed E-state index contributed by atoms with van der Waals surface area (Å²) >= 11 is 0. The molecular formula is C13H12N2O5S. The Morgan fingerprint density at radius 2 is 1.76 bits per heavy atom. The third-order valence-electron chi connectivity index (χ3n) is 2.46. The summed E-state index contributed by atoms with van der Waals surface area (Å²) in [5.41, 5.74) is -0.581. The van der Waals surface area contributed by atoms with E-state index in [0.29, 0.717) is 5.75 Å². The molecule has 0 fully saturated rings. The van der Waals surface area contributed by atoms with Crippen molar-refractivity contribution in [3.8, 4) is 11.5 Å². The average Bonchev–Trinajstić information content (AvgIpc) is 2.40. The minimum absolute atomic E-state index is 0.0563. The molecule has 0 aliphatic heterocycles. The van der Waals surface area contributed by atoms with Crippen molar-refractivity contribution in [3.05, 3.63) is 58.6 Å². The smallest absolute Gasteiger partial charge is 0.297 e. The van der Waals surface area contributed by atoms with Gasteiger partial charge in [0.15, 0.2) is 11.4 Å². The number of hydrogen-bond donors (Lipinski definition) is 1. The van der Waals surface area contributed by atoms with E-state index in [1.807, 2.05) is 0 Å². The lowest BCUT2D eigenvalue weighted by Gasteiger charge is -2.12. The van der Waals surface area contributed by atoms with Gasteiger partial charge < -0.3 is 4.74 Å². The lowest BCUT2D eigenvalue weighted by Crippen LogP contribution is -2.12. The first kappa shape index (κ1) is 14.8. The van der Waals surface area contributed by atoms with Gasteiger partial charge in [0.25, 0.3) is 5.69 Å². The van der Waals surface area contributed by atoms with Gasteiger partial charge in [-0.1, -0.05) is 24.3 Å². The van der Waals surface area contributed by atoms with E-state index < -0.39 is 14.9 Å². The highest BCUT2D eigenvalue weighted by molar-refractivity contribution is 7.92. The quantitative estimate of drug-likeness (QED) is 0.676. The van der Waals surface area contributed by atoms with Crippen molar-refractivity contribution in [1.29, 1.82) is 0 Å². The maximum Gasteiger partial charge on any atom is 0.297 e. The average molecular weight is 308 g/mol. The van der Waals surface area contributed by atoms with Crippen molar-refractivity contribution < 1.29 is 18.1 Å². The van der Waals surface area contributed by atoms with Crippen molar-refractivity contribution >= 4 is 21.4 Å². The van der Waals surface area contributed by atoms with E-state index in [1.165, 1.54) is 18.2 Å². The Bertz CT molecular complexity index is 759. The topological polar surface area (TPSA) is 98.5 Å². The van der Waals surface area contributed by atoms with Crippen molar-refractivity contribution in [2.75, 3.05) is 11.0 Å². The highest BCUT2D eigenvalue weighted by Gasteiger charge is 2.21. The van der Waals surface area contributed by atoms with Gasteiger partial charge in [-0.2, -0.15) is 0 Å². The Labute approximate surface area is 121 Å². The Morgan fingerprint density at radius 1 is 1.10 bits per heavy atom. The first-order valence-corrected chi connectivity index (χ1v) is 7.74. The van der Waals surface area contributed by atoms with E-state index in [-0.39, 0.29) is 17.1 Å². The molecule has 21 heavy (non-hydrogen) atoms. The number of para-hydroxylation sites is 2. The van der Waals surface area contributed by atoms with Gasteiger partial charge in [0.1, 0.15) is 5.75 Å². The highest BCUT2D eigenvalue weighted by atomic mass is 32.2. The second-order valence-corrected chi connectivity index (χ2v) is 5.95. The molecule has 0 radical (unpaired) electrons. The minimum atomic E-state index is -3.68. The second-order valence-electron chi connectivity index (χ2n) is 4.20. The van der Waals surface area contributed by atoms with Crippen molar-refractivity contribution in [2.24, 2.45) is 0 Å². The Kier molecular flexibility index (Phi) is 4.08. The van der Waals surface area contributed by atoms with E-state index in [4.69, 9.17) is 4.74 Å². The molecule has 8 heteroatoms. The van der Waals surface area contributed by atoms with Gasteiger partial charge >= 0.3 is 0 Å². The van der Waals surface area contributed by atoms with E-state index in [9.17, 15) is 18.5 Å². The molecule has 7 nitrogen and oxygen atoms in total. The fourth-order valence-corrected chi connectivity index (χ4v) is 2.24. The Hall–Kier alpha value is -2.61. The first-order chi connectivity index (χ1) is 9.87. The SMILES string of the molecule is CS(=O)(=O)Nc1c(Oc2ccccc2)cccc1[N+](=O)[O-]. The van der Waals surface area contributed by atoms with Gasteiger partial charge in [0, 0.05) is 6.07 Å². The second kappa shape index (κ2) is 5.80. The third kappa shape index (κ3) is 3.93. The standard InChI is InChI=1S/C13H12N2O5S/c1-21(18,19)14-13-11(15(16)17)8-5-9-12(13)20-10-6-3-2-4-7-10/h2-9,14H,1H3. The normalized spacial score (nSPS) is 10.9. The number of sulfonamides is 1. The molecule has 0 heterocycles. The summed E-state index contributed by atoms with van der Waals surface area (Å²) in [6.07, 6.45) is 0.913. The number of nitrogens with zero attached hydrogens (tertiary/aromatic N) is 1. The number of nitro benzene ring substituents is 1. The van der Waals surface area contributed by atoms with Gasteiger partial charge in [-0.05, 0) is 18.2 Å². The summed E-state index contributed by atoms with van der Waals surface area (Å²) in [6.45, 7) is 0. The van der Waals surface area contributed by atoms with E-state index in [2.05, 4.69) is 4.72 Å². The molecule has 0 spiro atoms. The summed E-state index contributed by atoms with van der Waals surface area (Å²) in [7, 11) is -3.68. The number of rotatable bonds is 5. The molecular weight excluding hydrogens is 296 g/mol. The van der Waals surface area contributed by atoms with Gasteiger partial charge in [0.2, 0.25) is 10.0 Å². The van der Waals surface area contributed by atoms with Crippen LogP contribution in [0.1, 0.15) is 0 Å². The largest absolute Gasteiger partial charge is 0.455 e. The number of anilines is 1. The predicted molar refractivity (Wildman–Crippen MR) is 78.1 cm³/mol. The van der Waals surface area contributed by atoms with Crippen LogP contribution in [0, 0.1) is 10.1 Å². The predicted octanol–water partition coefficient (Wildman–Crippen LogP) is 2.76. The summed E-state index contributed by atoms with van der Waals surface area (Å²) in [6, 6.07) is 12.6. The van der Waals surface area contributed by atoms with Gasteiger partial charge in [-0.15, -0.1) is 0 Å². The number of nitro groups is 1. The maximum absolute atomic E-state index is 11.4. The van der Waals surface area contributed by atoms with Crippen molar-refractivity contribution in [3.63, 3.8) is 0 Å². The van der Waals surface area contributed by atoms with Crippen LogP contribution in [-0.2, 0) is 10.0 Å². The molecule has 110 valence electrons. The van der Waals surface area contributed by atoms with Crippen molar-refractivity contribution in [2.45, 2.75) is 0 Å². The molecule has 0 aromatic heterocycles. The van der Waals surface area contributed by atoms with Crippen LogP contribution in [0.25, 0.3) is 0 Å². The van der Waals surface area contributed by atoms with Crippen LogP contribution in [0.4, 0.5) is 11.4 Å². The lowest BCUT2D eigenvalue weighted by molar-refractivity contribution is -0.383. The molecule has 0 aliphatic rings. The van der Waals surface area contributed by atoms with Crippen LogP contribution >= 0.6 is 0 Å². The Morgan fingerprint density at radius 3 is 2.33 bits per heavy atom. The van der Waals surface area contributed by atoms with Crippen molar-refractivity contribution in [1.82, 2.24) is 0 Å². The zero-order valence-electron chi connectivity index (χ0n) is 11.0. The minimum Gasteiger partial charge on any atom is -0.455 e. The molecule has 0 saturated carbocycles. The van der Waals surface area contributed by atoms with E-state index >= 15 is 0 Å². The third-order valence-corrected chi connectivity index (χ3v) is 3.03. The van der Waals surface area contributed by atoms with Crippen LogP contribution in [0.15, 0.2) is 48.5 Å². The number of hydrogen-bond acceptors (Lipinski definition) is 5. The molecule has 0 bridgehead atoms. The van der Waals surface area contributed by atoms with Gasteiger partial charge in [-0.3, -0.25) is 14.8 Å². The summed E-state index contributed by atoms with van der Waals surface area (Å²) in [5, 5.41) is 11.0. The number of benzene rings is 2. The molecule has 0 saturated heterocycles. The maximum atomic E-state index is 11.4. The fourth-order valence-electron chi connectivity index (χ4n) is 1.66. The summed E-state index contributed by atoms with van der Waals surface area (Å²) in [5.74, 6) is 0.496. The van der Waals surface area contributed by atoms with E-state index in [1.54, 1.807) is 30.3 Å².